The van der Waals surface area contributed by atoms with Crippen molar-refractivity contribution in [1.29, 1.82) is 0 Å². The Hall–Kier alpha value is -2.46. The first kappa shape index (κ1) is 34.0. The first-order valence-corrected chi connectivity index (χ1v) is 15.4. The summed E-state index contributed by atoms with van der Waals surface area (Å²) in [4.78, 5) is 49.8. The molecule has 0 saturated carbocycles. The number of hydrogen-bond donors (Lipinski definition) is 0. The van der Waals surface area contributed by atoms with Crippen LogP contribution in [-0.2, 0) is 30.2 Å². The number of anilines is 1. The second-order valence-corrected chi connectivity index (χ2v) is 13.0. The van der Waals surface area contributed by atoms with Crippen molar-refractivity contribution in [3.05, 3.63) is 48.1 Å². The molecule has 0 bridgehead atoms. The first-order chi connectivity index (χ1) is 19.7. The zero-order chi connectivity index (χ0) is 31.4. The highest BCUT2D eigenvalue weighted by molar-refractivity contribution is 14.1. The minimum absolute atomic E-state index is 0.00650. The summed E-state index contributed by atoms with van der Waals surface area (Å²) in [6.45, 7) is 8.19. The Kier molecular flexibility index (Phi) is 11.3. The van der Waals surface area contributed by atoms with Gasteiger partial charge >= 0.3 is 11.9 Å². The number of Topliss-reactive ketones (excluding diaryl/α,β-unsaturated/α-hetero) is 1. The number of rotatable bonds is 7. The Morgan fingerprint density at radius 3 is 1.95 bits per heavy atom. The average molecular weight is 807 g/mol. The van der Waals surface area contributed by atoms with E-state index in [9.17, 15) is 19.2 Å². The van der Waals surface area contributed by atoms with E-state index in [0.717, 1.165) is 25.5 Å². The lowest BCUT2D eigenvalue weighted by atomic mass is 9.92. The number of fused-ring (bicyclic) bond motifs is 2. The number of halogens is 2. The third-order valence-electron chi connectivity index (χ3n) is 6.79. The molecule has 2 aromatic rings. The summed E-state index contributed by atoms with van der Waals surface area (Å²) in [5.74, 6) is 0.315. The maximum absolute atomic E-state index is 12.8. The quantitative estimate of drug-likeness (QED) is 0.207. The Morgan fingerprint density at radius 2 is 1.38 bits per heavy atom. The highest BCUT2D eigenvalue weighted by Gasteiger charge is 2.41. The predicted molar refractivity (Wildman–Crippen MR) is 173 cm³/mol. The largest absolute Gasteiger partial charge is 0.480 e. The van der Waals surface area contributed by atoms with Crippen LogP contribution in [0.3, 0.4) is 0 Å². The number of carbonyl (C=O) groups is 4. The molecule has 0 spiro atoms. The normalized spacial score (nSPS) is 16.2. The van der Waals surface area contributed by atoms with Gasteiger partial charge in [-0.3, -0.25) is 9.59 Å². The number of carbonyl (C=O) groups excluding carboxylic acids is 4. The standard InChI is InChI=1S/C17H22INO5.C13H13IO4/c1-17(2)16(21)19(7-5-6-8-22-3)13-9-11(15(20)23-4)12(18)10-14(13)24-17;1-13(2)11(15)5-7-4-8(12(16)17-3)9(14)6-10(7)18-13/h9-10H,5-8H2,1-4H3;4,6H,5H2,1-3H3. The van der Waals surface area contributed by atoms with Crippen LogP contribution in [0.1, 0.15) is 66.8 Å². The zero-order valence-electron chi connectivity index (χ0n) is 24.7. The topological polar surface area (TPSA) is 118 Å². The summed E-state index contributed by atoms with van der Waals surface area (Å²) in [5.41, 5.74) is 0.494. The van der Waals surface area contributed by atoms with Crippen LogP contribution in [0, 0.1) is 7.14 Å². The number of nitrogens with zero attached hydrogens (tertiary/aromatic N) is 1. The number of unbranched alkanes of at least 4 members (excludes halogenated alkanes) is 1. The molecule has 0 saturated heterocycles. The van der Waals surface area contributed by atoms with Gasteiger partial charge in [-0.15, -0.1) is 0 Å². The molecule has 0 N–H and O–H groups in total. The van der Waals surface area contributed by atoms with Crippen molar-refractivity contribution in [3.8, 4) is 11.5 Å². The van der Waals surface area contributed by atoms with Gasteiger partial charge in [0.1, 0.15) is 11.5 Å². The second kappa shape index (κ2) is 13.9. The molecule has 2 aromatic carbocycles. The van der Waals surface area contributed by atoms with Crippen molar-refractivity contribution in [2.45, 2.75) is 58.2 Å². The van der Waals surface area contributed by atoms with Gasteiger partial charge in [-0.2, -0.15) is 0 Å². The molecule has 0 radical (unpaired) electrons. The fourth-order valence-corrected chi connectivity index (χ4v) is 5.73. The highest BCUT2D eigenvalue weighted by Crippen LogP contribution is 2.40. The van der Waals surface area contributed by atoms with E-state index < -0.39 is 23.1 Å². The molecule has 228 valence electrons. The van der Waals surface area contributed by atoms with E-state index in [1.54, 1.807) is 64.0 Å². The number of methoxy groups -OCH3 is 3. The minimum atomic E-state index is -0.940. The van der Waals surface area contributed by atoms with Gasteiger partial charge in [-0.25, -0.2) is 9.59 Å². The SMILES string of the molecule is COC(=O)c1cc2c(cc1I)OC(C)(C)C(=O)C2.COCCCCN1C(=O)C(C)(C)Oc2cc(I)c(C(=O)OC)cc21. The van der Waals surface area contributed by atoms with Gasteiger partial charge in [-0.05, 0) is 110 Å². The molecule has 0 atom stereocenters. The van der Waals surface area contributed by atoms with Crippen LogP contribution in [-0.4, -0.2) is 69.3 Å². The molecular weight excluding hydrogens is 772 g/mol. The molecule has 10 nitrogen and oxygen atoms in total. The third-order valence-corrected chi connectivity index (χ3v) is 8.58. The number of amides is 1. The predicted octanol–water partition coefficient (Wildman–Crippen LogP) is 5.37. The maximum atomic E-state index is 12.8. The van der Waals surface area contributed by atoms with Crippen molar-refractivity contribution in [2.24, 2.45) is 0 Å². The van der Waals surface area contributed by atoms with Gasteiger partial charge in [0.2, 0.25) is 0 Å². The molecule has 4 rings (SSSR count). The lowest BCUT2D eigenvalue weighted by Gasteiger charge is -2.39. The number of hydrogen-bond acceptors (Lipinski definition) is 9. The lowest BCUT2D eigenvalue weighted by molar-refractivity contribution is -0.133. The Bertz CT molecular complexity index is 1390. The van der Waals surface area contributed by atoms with E-state index in [-0.39, 0.29) is 18.1 Å². The monoisotopic (exact) mass is 807 g/mol. The Morgan fingerprint density at radius 1 is 0.833 bits per heavy atom. The molecule has 1 amide bonds. The molecule has 2 aliphatic heterocycles. The van der Waals surface area contributed by atoms with Crippen molar-refractivity contribution in [2.75, 3.05) is 39.4 Å². The number of benzene rings is 2. The van der Waals surface area contributed by atoms with Crippen molar-refractivity contribution >= 4 is 74.5 Å². The molecule has 42 heavy (non-hydrogen) atoms. The van der Waals surface area contributed by atoms with Crippen molar-refractivity contribution in [3.63, 3.8) is 0 Å². The minimum Gasteiger partial charge on any atom is -0.480 e. The smallest absolute Gasteiger partial charge is 0.339 e. The van der Waals surface area contributed by atoms with E-state index in [4.69, 9.17) is 23.7 Å². The van der Waals surface area contributed by atoms with Crippen molar-refractivity contribution in [1.82, 2.24) is 0 Å². The van der Waals surface area contributed by atoms with Crippen LogP contribution < -0.4 is 14.4 Å². The molecule has 0 unspecified atom stereocenters. The molecule has 2 aliphatic rings. The summed E-state index contributed by atoms with van der Waals surface area (Å²) in [5, 5.41) is 0. The molecule has 12 heteroatoms. The summed E-state index contributed by atoms with van der Waals surface area (Å²) in [6, 6.07) is 6.90. The van der Waals surface area contributed by atoms with Crippen LogP contribution in [0.15, 0.2) is 24.3 Å². The van der Waals surface area contributed by atoms with Gasteiger partial charge in [-0.1, -0.05) is 0 Å². The highest BCUT2D eigenvalue weighted by atomic mass is 127. The third kappa shape index (κ3) is 7.54. The summed E-state index contributed by atoms with van der Waals surface area (Å²) >= 11 is 4.12. The summed E-state index contributed by atoms with van der Waals surface area (Å²) in [6.07, 6.45) is 1.93. The van der Waals surface area contributed by atoms with Gasteiger partial charge in [0.25, 0.3) is 5.91 Å². The van der Waals surface area contributed by atoms with Gasteiger partial charge < -0.3 is 28.6 Å². The number of ketones is 1. The average Bonchev–Trinajstić information content (AvgIpc) is 2.92. The van der Waals surface area contributed by atoms with E-state index in [1.165, 1.54) is 14.2 Å². The van der Waals surface area contributed by atoms with E-state index >= 15 is 0 Å². The fourth-order valence-electron chi connectivity index (χ4n) is 4.41. The van der Waals surface area contributed by atoms with Crippen LogP contribution in [0.25, 0.3) is 0 Å². The zero-order valence-corrected chi connectivity index (χ0v) is 29.0. The fraction of sp³-hybridized carbons (Fsp3) is 0.467. The van der Waals surface area contributed by atoms with E-state index in [2.05, 4.69) is 45.2 Å². The van der Waals surface area contributed by atoms with E-state index in [1.807, 2.05) is 0 Å². The molecule has 0 aliphatic carbocycles. The molecule has 2 heterocycles. The second-order valence-electron chi connectivity index (χ2n) is 10.7. The number of esters is 2. The summed E-state index contributed by atoms with van der Waals surface area (Å²) in [7, 11) is 4.33. The van der Waals surface area contributed by atoms with Gasteiger partial charge in [0.15, 0.2) is 17.0 Å². The van der Waals surface area contributed by atoms with Crippen LogP contribution >= 0.6 is 45.2 Å². The van der Waals surface area contributed by atoms with Crippen LogP contribution in [0.5, 0.6) is 11.5 Å². The van der Waals surface area contributed by atoms with E-state index in [0.29, 0.717) is 41.5 Å². The number of ether oxygens (including phenoxy) is 5. The Labute approximate surface area is 273 Å². The molecule has 0 fully saturated rings. The molecular formula is C30H35I2NO9. The van der Waals surface area contributed by atoms with Crippen molar-refractivity contribution < 1.29 is 42.9 Å². The first-order valence-electron chi connectivity index (χ1n) is 13.2. The van der Waals surface area contributed by atoms with Crippen LogP contribution in [0.2, 0.25) is 0 Å². The van der Waals surface area contributed by atoms with Gasteiger partial charge in [0, 0.05) is 39.4 Å². The summed E-state index contributed by atoms with van der Waals surface area (Å²) < 4.78 is 27.6. The Balaban J connectivity index is 0.000000240. The van der Waals surface area contributed by atoms with Crippen LogP contribution in [0.4, 0.5) is 5.69 Å². The lowest BCUT2D eigenvalue weighted by Crippen LogP contribution is -2.52. The maximum Gasteiger partial charge on any atom is 0.339 e. The van der Waals surface area contributed by atoms with Gasteiger partial charge in [0.05, 0.1) is 31.0 Å². The molecule has 0 aromatic heterocycles.